The molecule has 0 unspecified atom stereocenters. The highest BCUT2D eigenvalue weighted by atomic mass is 19.1. The SMILES string of the molecule is COCCN(CC(=O)N1N=C(c2ccc(C)c(C)c2)C[C@@H]1c1ccc(OC)c(OC)c1)C(=O)c1cccc(F)c1. The summed E-state index contributed by atoms with van der Waals surface area (Å²) in [5.74, 6) is -0.261. The quantitative estimate of drug-likeness (QED) is 0.360. The number of ether oxygens (including phenoxy) is 3. The second-order valence-electron chi connectivity index (χ2n) is 9.65. The number of halogens is 1. The summed E-state index contributed by atoms with van der Waals surface area (Å²) in [6, 6.07) is 16.6. The fraction of sp³-hybridized carbons (Fsp3) is 0.323. The van der Waals surface area contributed by atoms with E-state index in [1.165, 1.54) is 35.2 Å². The molecule has 2 amide bonds. The van der Waals surface area contributed by atoms with Gasteiger partial charge in [0.25, 0.3) is 11.8 Å². The minimum atomic E-state index is -0.528. The summed E-state index contributed by atoms with van der Waals surface area (Å²) in [6.07, 6.45) is 0.472. The van der Waals surface area contributed by atoms with Crippen LogP contribution in [-0.4, -0.2) is 68.5 Å². The van der Waals surface area contributed by atoms with E-state index in [1.807, 2.05) is 38.1 Å². The van der Waals surface area contributed by atoms with E-state index >= 15 is 0 Å². The van der Waals surface area contributed by atoms with Crippen molar-refractivity contribution in [3.8, 4) is 11.5 Å². The highest BCUT2D eigenvalue weighted by Crippen LogP contribution is 2.37. The molecule has 40 heavy (non-hydrogen) atoms. The molecular formula is C31H34FN3O5. The topological polar surface area (TPSA) is 80.7 Å². The Bertz CT molecular complexity index is 1420. The van der Waals surface area contributed by atoms with Crippen molar-refractivity contribution < 1.29 is 28.2 Å². The fourth-order valence-corrected chi connectivity index (χ4v) is 4.65. The molecule has 0 bridgehead atoms. The third-order valence-corrected chi connectivity index (χ3v) is 7.05. The standard InChI is InChI=1S/C31H34FN3O5/c1-20-9-10-22(15-21(20)2)26-18-27(23-11-12-28(39-4)29(17-23)40-5)35(33-26)30(36)19-34(13-14-38-3)31(37)24-7-6-8-25(32)16-24/h6-12,15-17,27H,13-14,18-19H2,1-5H3/t27-/m1/s1. The Balaban J connectivity index is 1.69. The molecule has 0 saturated carbocycles. The van der Waals surface area contributed by atoms with E-state index in [1.54, 1.807) is 20.3 Å². The van der Waals surface area contributed by atoms with Crippen LogP contribution in [0.25, 0.3) is 0 Å². The van der Waals surface area contributed by atoms with Gasteiger partial charge in [-0.3, -0.25) is 9.59 Å². The molecule has 1 heterocycles. The maximum atomic E-state index is 13.9. The second kappa shape index (κ2) is 12.7. The van der Waals surface area contributed by atoms with E-state index in [-0.39, 0.29) is 31.2 Å². The zero-order valence-electron chi connectivity index (χ0n) is 23.4. The van der Waals surface area contributed by atoms with Gasteiger partial charge < -0.3 is 19.1 Å². The van der Waals surface area contributed by atoms with Crippen LogP contribution in [0, 0.1) is 19.7 Å². The number of amides is 2. The molecule has 0 radical (unpaired) electrons. The predicted molar refractivity (Wildman–Crippen MR) is 150 cm³/mol. The summed E-state index contributed by atoms with van der Waals surface area (Å²) in [4.78, 5) is 28.5. The Morgan fingerprint density at radius 2 is 1.75 bits per heavy atom. The Hall–Kier alpha value is -4.24. The van der Waals surface area contributed by atoms with Gasteiger partial charge in [-0.2, -0.15) is 5.10 Å². The molecule has 0 N–H and O–H groups in total. The molecule has 1 aliphatic rings. The molecule has 3 aromatic rings. The van der Waals surface area contributed by atoms with Crippen molar-refractivity contribution >= 4 is 17.5 Å². The van der Waals surface area contributed by atoms with Gasteiger partial charge in [-0.1, -0.05) is 24.3 Å². The number of carbonyl (C=O) groups is 2. The van der Waals surface area contributed by atoms with Crippen LogP contribution in [0.4, 0.5) is 4.39 Å². The summed E-state index contributed by atoms with van der Waals surface area (Å²) in [5, 5.41) is 6.20. The monoisotopic (exact) mass is 547 g/mol. The van der Waals surface area contributed by atoms with Crippen molar-refractivity contribution in [2.75, 3.05) is 41.0 Å². The summed E-state index contributed by atoms with van der Waals surface area (Å²) in [5.41, 5.74) is 4.94. The molecule has 1 aliphatic heterocycles. The van der Waals surface area contributed by atoms with Crippen molar-refractivity contribution in [3.05, 3.63) is 94.3 Å². The number of nitrogens with zero attached hydrogens (tertiary/aromatic N) is 3. The van der Waals surface area contributed by atoms with Crippen molar-refractivity contribution in [2.45, 2.75) is 26.3 Å². The first-order chi connectivity index (χ1) is 19.2. The van der Waals surface area contributed by atoms with E-state index in [2.05, 4.69) is 6.07 Å². The van der Waals surface area contributed by atoms with Gasteiger partial charge in [0, 0.05) is 25.6 Å². The predicted octanol–water partition coefficient (Wildman–Crippen LogP) is 4.93. The van der Waals surface area contributed by atoms with Gasteiger partial charge in [0.15, 0.2) is 11.5 Å². The van der Waals surface area contributed by atoms with Crippen LogP contribution in [0.2, 0.25) is 0 Å². The Labute approximate surface area is 233 Å². The van der Waals surface area contributed by atoms with Crippen molar-refractivity contribution in [3.63, 3.8) is 0 Å². The number of benzene rings is 3. The highest BCUT2D eigenvalue weighted by Gasteiger charge is 2.35. The maximum Gasteiger partial charge on any atom is 0.262 e. The van der Waals surface area contributed by atoms with Gasteiger partial charge in [-0.05, 0) is 72.5 Å². The number of carbonyl (C=O) groups excluding carboxylic acids is 2. The molecule has 8 nitrogen and oxygen atoms in total. The molecule has 0 aliphatic carbocycles. The molecule has 0 aromatic heterocycles. The number of aryl methyl sites for hydroxylation is 2. The molecule has 0 fully saturated rings. The van der Waals surface area contributed by atoms with Crippen molar-refractivity contribution in [1.29, 1.82) is 0 Å². The van der Waals surface area contributed by atoms with Gasteiger partial charge in [-0.25, -0.2) is 9.40 Å². The van der Waals surface area contributed by atoms with Gasteiger partial charge in [-0.15, -0.1) is 0 Å². The van der Waals surface area contributed by atoms with E-state index < -0.39 is 17.8 Å². The lowest BCUT2D eigenvalue weighted by molar-refractivity contribution is -0.133. The number of hydrazone groups is 1. The van der Waals surface area contributed by atoms with Crippen LogP contribution in [0.3, 0.4) is 0 Å². The van der Waals surface area contributed by atoms with Gasteiger partial charge in [0.05, 0.1) is 32.6 Å². The smallest absolute Gasteiger partial charge is 0.262 e. The Morgan fingerprint density at radius 3 is 2.42 bits per heavy atom. The van der Waals surface area contributed by atoms with Gasteiger partial charge in [0.1, 0.15) is 12.4 Å². The lowest BCUT2D eigenvalue weighted by Crippen LogP contribution is -2.42. The average Bonchev–Trinajstić information content (AvgIpc) is 3.41. The third-order valence-electron chi connectivity index (χ3n) is 7.05. The van der Waals surface area contributed by atoms with Crippen LogP contribution in [0.15, 0.2) is 65.8 Å². The summed E-state index contributed by atoms with van der Waals surface area (Å²) < 4.78 is 29.9. The first-order valence-electron chi connectivity index (χ1n) is 13.0. The maximum absolute atomic E-state index is 13.9. The van der Waals surface area contributed by atoms with E-state index in [9.17, 15) is 14.0 Å². The number of hydrogen-bond acceptors (Lipinski definition) is 6. The highest BCUT2D eigenvalue weighted by molar-refractivity contribution is 6.04. The zero-order chi connectivity index (χ0) is 28.8. The Kier molecular flexibility index (Phi) is 9.16. The molecule has 1 atom stereocenters. The normalized spacial score (nSPS) is 14.6. The number of methoxy groups -OCH3 is 3. The molecule has 3 aromatic carbocycles. The summed E-state index contributed by atoms with van der Waals surface area (Å²) in [7, 11) is 4.64. The fourth-order valence-electron chi connectivity index (χ4n) is 4.65. The van der Waals surface area contributed by atoms with E-state index in [0.717, 1.165) is 34.0 Å². The van der Waals surface area contributed by atoms with Crippen LogP contribution in [-0.2, 0) is 9.53 Å². The summed E-state index contributed by atoms with van der Waals surface area (Å²) >= 11 is 0. The first kappa shape index (κ1) is 28.8. The van der Waals surface area contributed by atoms with Crippen LogP contribution in [0.5, 0.6) is 11.5 Å². The molecule has 9 heteroatoms. The van der Waals surface area contributed by atoms with Crippen molar-refractivity contribution in [2.24, 2.45) is 5.10 Å². The minimum absolute atomic E-state index is 0.153. The van der Waals surface area contributed by atoms with Crippen molar-refractivity contribution in [1.82, 2.24) is 9.91 Å². The lowest BCUT2D eigenvalue weighted by Gasteiger charge is -2.27. The van der Waals surface area contributed by atoms with Crippen LogP contribution < -0.4 is 9.47 Å². The van der Waals surface area contributed by atoms with Gasteiger partial charge in [0.2, 0.25) is 0 Å². The summed E-state index contributed by atoms with van der Waals surface area (Å²) in [6.45, 7) is 4.19. The molecule has 4 rings (SSSR count). The number of rotatable bonds is 10. The largest absolute Gasteiger partial charge is 0.493 e. The molecule has 0 saturated heterocycles. The van der Waals surface area contributed by atoms with E-state index in [0.29, 0.717) is 17.9 Å². The second-order valence-corrected chi connectivity index (χ2v) is 9.65. The molecule has 0 spiro atoms. The van der Waals surface area contributed by atoms with Gasteiger partial charge >= 0.3 is 0 Å². The third kappa shape index (κ3) is 6.31. The molecule has 210 valence electrons. The minimum Gasteiger partial charge on any atom is -0.493 e. The Morgan fingerprint density at radius 1 is 0.975 bits per heavy atom. The average molecular weight is 548 g/mol. The molecular weight excluding hydrogens is 513 g/mol. The van der Waals surface area contributed by atoms with Crippen LogP contribution >= 0.6 is 0 Å². The van der Waals surface area contributed by atoms with Crippen LogP contribution in [0.1, 0.15) is 45.1 Å². The zero-order valence-corrected chi connectivity index (χ0v) is 23.4. The lowest BCUT2D eigenvalue weighted by atomic mass is 9.96. The van der Waals surface area contributed by atoms with E-state index in [4.69, 9.17) is 19.3 Å². The number of hydrogen-bond donors (Lipinski definition) is 0. The first-order valence-corrected chi connectivity index (χ1v) is 13.0.